The van der Waals surface area contributed by atoms with Gasteiger partial charge in [0.05, 0.1) is 0 Å². The Morgan fingerprint density at radius 3 is 2.76 bits per heavy atom. The van der Waals surface area contributed by atoms with E-state index in [9.17, 15) is 0 Å². The predicted molar refractivity (Wildman–Crippen MR) is 70.4 cm³/mol. The van der Waals surface area contributed by atoms with E-state index in [1.165, 1.54) is 25.9 Å². The molecule has 94 valence electrons. The molecule has 5 heteroatoms. The van der Waals surface area contributed by atoms with Crippen molar-refractivity contribution in [2.45, 2.75) is 19.8 Å². The van der Waals surface area contributed by atoms with Gasteiger partial charge in [0.25, 0.3) is 0 Å². The molecule has 17 heavy (non-hydrogen) atoms. The maximum Gasteiger partial charge on any atom is 0.171 e. The first-order valence-electron chi connectivity index (χ1n) is 6.18. The molecular formula is C12H19ClN4. The van der Waals surface area contributed by atoms with Crippen molar-refractivity contribution in [1.29, 1.82) is 0 Å². The van der Waals surface area contributed by atoms with Crippen LogP contribution in [0.2, 0.25) is 5.15 Å². The van der Waals surface area contributed by atoms with Crippen LogP contribution in [0.3, 0.4) is 0 Å². The zero-order valence-electron chi connectivity index (χ0n) is 10.2. The number of aromatic nitrogens is 2. The van der Waals surface area contributed by atoms with Crippen molar-refractivity contribution >= 4 is 17.4 Å². The average Bonchev–Trinajstić information content (AvgIpc) is 2.81. The molecule has 0 spiro atoms. The third-order valence-electron chi connectivity index (χ3n) is 3.04. The Morgan fingerprint density at radius 1 is 1.35 bits per heavy atom. The summed E-state index contributed by atoms with van der Waals surface area (Å²) in [6.45, 7) is 6.77. The molecule has 1 aromatic rings. The predicted octanol–water partition coefficient (Wildman–Crippen LogP) is 2.27. The summed E-state index contributed by atoms with van der Waals surface area (Å²) in [6, 6.07) is 0. The van der Waals surface area contributed by atoms with Gasteiger partial charge in [-0.3, -0.25) is 0 Å². The van der Waals surface area contributed by atoms with Gasteiger partial charge in [-0.05, 0) is 31.8 Å². The molecule has 1 aromatic heterocycles. The van der Waals surface area contributed by atoms with Crippen molar-refractivity contribution in [3.8, 4) is 0 Å². The van der Waals surface area contributed by atoms with Gasteiger partial charge < -0.3 is 10.2 Å². The second-order valence-corrected chi connectivity index (χ2v) is 5.05. The van der Waals surface area contributed by atoms with Gasteiger partial charge in [0.2, 0.25) is 0 Å². The third kappa shape index (κ3) is 3.82. The van der Waals surface area contributed by atoms with E-state index < -0.39 is 0 Å². The Hall–Kier alpha value is -0.870. The van der Waals surface area contributed by atoms with Crippen LogP contribution in [0.5, 0.6) is 0 Å². The van der Waals surface area contributed by atoms with Gasteiger partial charge in [0, 0.05) is 25.5 Å². The smallest absolute Gasteiger partial charge is 0.171 e. The lowest BCUT2D eigenvalue weighted by Gasteiger charge is -2.20. The maximum atomic E-state index is 5.93. The van der Waals surface area contributed by atoms with Crippen LogP contribution in [0.1, 0.15) is 19.8 Å². The lowest BCUT2D eigenvalue weighted by atomic mass is 10.1. The zero-order chi connectivity index (χ0) is 12.1. The van der Waals surface area contributed by atoms with Gasteiger partial charge in [-0.25, -0.2) is 9.97 Å². The fourth-order valence-corrected chi connectivity index (χ4v) is 2.35. The van der Waals surface area contributed by atoms with Crippen molar-refractivity contribution in [2.24, 2.45) is 5.92 Å². The number of nitrogens with one attached hydrogen (secondary N) is 1. The Kier molecular flexibility index (Phi) is 4.57. The van der Waals surface area contributed by atoms with E-state index in [0.29, 0.717) is 16.9 Å². The monoisotopic (exact) mass is 254 g/mol. The summed E-state index contributed by atoms with van der Waals surface area (Å²) >= 11 is 5.93. The van der Waals surface area contributed by atoms with Crippen LogP contribution in [0.25, 0.3) is 0 Å². The Morgan fingerprint density at radius 2 is 2.06 bits per heavy atom. The van der Waals surface area contributed by atoms with Crippen LogP contribution in [0, 0.1) is 5.92 Å². The minimum Gasteiger partial charge on any atom is -0.367 e. The lowest BCUT2D eigenvalue weighted by Crippen LogP contribution is -2.29. The number of hydrogen-bond acceptors (Lipinski definition) is 4. The molecule has 1 N–H and O–H groups in total. The van der Waals surface area contributed by atoms with Gasteiger partial charge in [0.1, 0.15) is 0 Å². The molecule has 4 nitrogen and oxygen atoms in total. The SMILES string of the molecule is CC(CNc1nccnc1Cl)CN1CCCC1. The number of likely N-dealkylation sites (tertiary alicyclic amines) is 1. The fraction of sp³-hybridized carbons (Fsp3) is 0.667. The van der Waals surface area contributed by atoms with Crippen LogP contribution >= 0.6 is 11.6 Å². The lowest BCUT2D eigenvalue weighted by molar-refractivity contribution is 0.294. The normalized spacial score (nSPS) is 18.2. The quantitative estimate of drug-likeness (QED) is 0.875. The highest BCUT2D eigenvalue weighted by atomic mass is 35.5. The van der Waals surface area contributed by atoms with E-state index in [2.05, 4.69) is 27.1 Å². The van der Waals surface area contributed by atoms with E-state index in [1.807, 2.05) is 0 Å². The molecule has 1 aliphatic heterocycles. The largest absolute Gasteiger partial charge is 0.367 e. The molecule has 0 amide bonds. The molecule has 0 aromatic carbocycles. The van der Waals surface area contributed by atoms with Gasteiger partial charge in [0.15, 0.2) is 11.0 Å². The molecule has 1 fully saturated rings. The Labute approximate surface area is 107 Å². The first-order chi connectivity index (χ1) is 8.25. The van der Waals surface area contributed by atoms with Crippen molar-refractivity contribution < 1.29 is 0 Å². The molecule has 0 saturated carbocycles. The first kappa shape index (κ1) is 12.6. The van der Waals surface area contributed by atoms with Gasteiger partial charge in [-0.1, -0.05) is 18.5 Å². The number of rotatable bonds is 5. The molecule has 0 radical (unpaired) electrons. The van der Waals surface area contributed by atoms with Crippen LogP contribution in [0.15, 0.2) is 12.4 Å². The van der Waals surface area contributed by atoms with E-state index in [1.54, 1.807) is 12.4 Å². The summed E-state index contributed by atoms with van der Waals surface area (Å²) < 4.78 is 0. The summed E-state index contributed by atoms with van der Waals surface area (Å²) in [6.07, 6.45) is 5.94. The summed E-state index contributed by atoms with van der Waals surface area (Å²) in [5.41, 5.74) is 0. The number of nitrogens with zero attached hydrogens (tertiary/aromatic N) is 3. The molecule has 1 saturated heterocycles. The minimum absolute atomic E-state index is 0.445. The van der Waals surface area contributed by atoms with E-state index in [-0.39, 0.29) is 0 Å². The van der Waals surface area contributed by atoms with Crippen molar-refractivity contribution in [3.05, 3.63) is 17.5 Å². The Balaban J connectivity index is 1.75. The number of hydrogen-bond donors (Lipinski definition) is 1. The molecule has 1 atom stereocenters. The highest BCUT2D eigenvalue weighted by Gasteiger charge is 2.14. The highest BCUT2D eigenvalue weighted by Crippen LogP contribution is 2.15. The minimum atomic E-state index is 0.445. The molecule has 1 unspecified atom stereocenters. The maximum absolute atomic E-state index is 5.93. The first-order valence-corrected chi connectivity index (χ1v) is 6.56. The van der Waals surface area contributed by atoms with Crippen molar-refractivity contribution in [2.75, 3.05) is 31.5 Å². The second kappa shape index (κ2) is 6.17. The molecular weight excluding hydrogens is 236 g/mol. The van der Waals surface area contributed by atoms with Crippen molar-refractivity contribution in [3.63, 3.8) is 0 Å². The van der Waals surface area contributed by atoms with Crippen LogP contribution in [0.4, 0.5) is 5.82 Å². The highest BCUT2D eigenvalue weighted by molar-refractivity contribution is 6.31. The fourth-order valence-electron chi connectivity index (χ4n) is 2.18. The summed E-state index contributed by atoms with van der Waals surface area (Å²) in [7, 11) is 0. The summed E-state index contributed by atoms with van der Waals surface area (Å²) in [4.78, 5) is 10.7. The molecule has 1 aliphatic rings. The van der Waals surface area contributed by atoms with E-state index in [4.69, 9.17) is 11.6 Å². The van der Waals surface area contributed by atoms with Gasteiger partial charge in [-0.2, -0.15) is 0 Å². The van der Waals surface area contributed by atoms with Crippen LogP contribution < -0.4 is 5.32 Å². The topological polar surface area (TPSA) is 41.1 Å². The second-order valence-electron chi connectivity index (χ2n) is 4.69. The molecule has 2 rings (SSSR count). The van der Waals surface area contributed by atoms with Gasteiger partial charge in [-0.15, -0.1) is 0 Å². The average molecular weight is 255 g/mol. The van der Waals surface area contributed by atoms with Crippen LogP contribution in [-0.4, -0.2) is 41.0 Å². The van der Waals surface area contributed by atoms with Crippen LogP contribution in [-0.2, 0) is 0 Å². The third-order valence-corrected chi connectivity index (χ3v) is 3.32. The molecule has 0 aliphatic carbocycles. The Bertz CT molecular complexity index is 352. The summed E-state index contributed by atoms with van der Waals surface area (Å²) in [5, 5.41) is 3.70. The molecule has 2 heterocycles. The van der Waals surface area contributed by atoms with E-state index in [0.717, 1.165) is 13.1 Å². The number of halogens is 1. The van der Waals surface area contributed by atoms with Crippen molar-refractivity contribution in [1.82, 2.24) is 14.9 Å². The standard InChI is InChI=1S/C12H19ClN4/c1-10(9-17-6-2-3-7-17)8-16-12-11(13)14-4-5-15-12/h4-5,10H,2-3,6-9H2,1H3,(H,15,16). The number of anilines is 1. The zero-order valence-corrected chi connectivity index (χ0v) is 11.0. The molecule has 0 bridgehead atoms. The van der Waals surface area contributed by atoms with Gasteiger partial charge >= 0.3 is 0 Å². The van der Waals surface area contributed by atoms with E-state index >= 15 is 0 Å². The summed E-state index contributed by atoms with van der Waals surface area (Å²) in [5.74, 6) is 1.27.